The van der Waals surface area contributed by atoms with Gasteiger partial charge in [0.1, 0.15) is 11.5 Å². The Morgan fingerprint density at radius 2 is 2.24 bits per heavy atom. The van der Waals surface area contributed by atoms with Gasteiger partial charge in [0, 0.05) is 16.5 Å². The molecular weight excluding hydrogens is 282 g/mol. The van der Waals surface area contributed by atoms with Crippen LogP contribution in [0, 0.1) is 0 Å². The molecule has 0 amide bonds. The van der Waals surface area contributed by atoms with Crippen LogP contribution in [0.25, 0.3) is 0 Å². The molecule has 17 heavy (non-hydrogen) atoms. The topological polar surface area (TPSA) is 48.4 Å². The van der Waals surface area contributed by atoms with E-state index in [1.807, 2.05) is 18.2 Å². The molecule has 1 aliphatic heterocycles. The molecule has 0 radical (unpaired) electrons. The maximum atomic E-state index is 6.21. The molecule has 2 aromatic rings. The normalized spacial score (nSPS) is 15.4. The average molecular weight is 294 g/mol. The summed E-state index contributed by atoms with van der Waals surface area (Å²) in [7, 11) is 0. The van der Waals surface area contributed by atoms with Crippen LogP contribution in [-0.2, 0) is 6.42 Å². The highest BCUT2D eigenvalue weighted by Gasteiger charge is 2.23. The number of halogens is 1. The highest BCUT2D eigenvalue weighted by Crippen LogP contribution is 2.37. The maximum absolute atomic E-state index is 6.21. The van der Waals surface area contributed by atoms with E-state index in [9.17, 15) is 0 Å². The van der Waals surface area contributed by atoms with E-state index in [0.29, 0.717) is 0 Å². The molecule has 3 nitrogen and oxygen atoms in total. The summed E-state index contributed by atoms with van der Waals surface area (Å²) in [6, 6.07) is 7.52. The summed E-state index contributed by atoms with van der Waals surface area (Å²) >= 11 is 3.51. The summed E-state index contributed by atoms with van der Waals surface area (Å²) in [5.74, 6) is 1.66. The molecule has 0 fully saturated rings. The van der Waals surface area contributed by atoms with E-state index in [4.69, 9.17) is 14.9 Å². The summed E-state index contributed by atoms with van der Waals surface area (Å²) in [4.78, 5) is 0. The number of furan rings is 1. The zero-order valence-electron chi connectivity index (χ0n) is 9.15. The van der Waals surface area contributed by atoms with Gasteiger partial charge < -0.3 is 14.9 Å². The van der Waals surface area contributed by atoms with Gasteiger partial charge in [-0.2, -0.15) is 0 Å². The third-order valence-electron chi connectivity index (χ3n) is 2.96. The first kappa shape index (κ1) is 10.9. The largest absolute Gasteiger partial charge is 0.493 e. The van der Waals surface area contributed by atoms with Gasteiger partial charge in [0.25, 0.3) is 0 Å². The third-order valence-corrected chi connectivity index (χ3v) is 3.42. The van der Waals surface area contributed by atoms with Crippen LogP contribution >= 0.6 is 15.9 Å². The SMILES string of the molecule is NC(c1ccco1)c1cc(Br)cc2c1OCC2. The van der Waals surface area contributed by atoms with Crippen LogP contribution in [0.3, 0.4) is 0 Å². The highest BCUT2D eigenvalue weighted by molar-refractivity contribution is 9.10. The Hall–Kier alpha value is -1.26. The maximum Gasteiger partial charge on any atom is 0.127 e. The molecule has 0 bridgehead atoms. The molecule has 1 atom stereocenters. The molecule has 0 aliphatic carbocycles. The van der Waals surface area contributed by atoms with Gasteiger partial charge in [-0.05, 0) is 29.8 Å². The minimum atomic E-state index is -0.283. The van der Waals surface area contributed by atoms with Crippen LogP contribution in [-0.4, -0.2) is 6.61 Å². The molecule has 0 spiro atoms. The first-order valence-electron chi connectivity index (χ1n) is 5.50. The molecule has 2 heterocycles. The smallest absolute Gasteiger partial charge is 0.127 e. The van der Waals surface area contributed by atoms with Crippen molar-refractivity contribution in [2.75, 3.05) is 6.61 Å². The monoisotopic (exact) mass is 293 g/mol. The molecule has 1 unspecified atom stereocenters. The summed E-state index contributed by atoms with van der Waals surface area (Å²) < 4.78 is 12.0. The van der Waals surface area contributed by atoms with Crippen LogP contribution in [0.2, 0.25) is 0 Å². The predicted molar refractivity (Wildman–Crippen MR) is 68.1 cm³/mol. The fourth-order valence-electron chi connectivity index (χ4n) is 2.15. The molecule has 3 rings (SSSR count). The number of fused-ring (bicyclic) bond motifs is 1. The van der Waals surface area contributed by atoms with Crippen molar-refractivity contribution in [2.45, 2.75) is 12.5 Å². The number of hydrogen-bond acceptors (Lipinski definition) is 3. The van der Waals surface area contributed by atoms with Crippen LogP contribution in [0.5, 0.6) is 5.75 Å². The van der Waals surface area contributed by atoms with E-state index in [0.717, 1.165) is 34.6 Å². The highest BCUT2D eigenvalue weighted by atomic mass is 79.9. The fourth-order valence-corrected chi connectivity index (χ4v) is 2.67. The standard InChI is InChI=1S/C13H12BrNO2/c14-9-6-8-3-5-17-13(8)10(7-9)12(15)11-2-1-4-16-11/h1-2,4,6-7,12H,3,5,15H2. The van der Waals surface area contributed by atoms with E-state index in [1.165, 1.54) is 5.56 Å². The summed E-state index contributed by atoms with van der Waals surface area (Å²) in [5, 5.41) is 0. The summed E-state index contributed by atoms with van der Waals surface area (Å²) in [5.41, 5.74) is 8.39. The molecule has 1 aromatic carbocycles. The molecule has 0 saturated carbocycles. The van der Waals surface area contributed by atoms with Gasteiger partial charge in [0.05, 0.1) is 18.9 Å². The quantitative estimate of drug-likeness (QED) is 0.926. The Morgan fingerprint density at radius 3 is 3.00 bits per heavy atom. The average Bonchev–Trinajstić information content (AvgIpc) is 2.97. The lowest BCUT2D eigenvalue weighted by molar-refractivity contribution is 0.350. The first-order chi connectivity index (χ1) is 8.25. The van der Waals surface area contributed by atoms with Gasteiger partial charge in [-0.1, -0.05) is 15.9 Å². The molecule has 0 saturated heterocycles. The molecule has 1 aromatic heterocycles. The Morgan fingerprint density at radius 1 is 1.35 bits per heavy atom. The van der Waals surface area contributed by atoms with Crippen molar-refractivity contribution in [3.63, 3.8) is 0 Å². The number of hydrogen-bond donors (Lipinski definition) is 1. The second kappa shape index (κ2) is 4.20. The van der Waals surface area contributed by atoms with Crippen LogP contribution in [0.4, 0.5) is 0 Å². The zero-order valence-corrected chi connectivity index (χ0v) is 10.7. The van der Waals surface area contributed by atoms with Crippen LogP contribution < -0.4 is 10.5 Å². The Labute approximate surface area is 108 Å². The molecule has 1 aliphatic rings. The van der Waals surface area contributed by atoms with Gasteiger partial charge in [0.15, 0.2) is 0 Å². The lowest BCUT2D eigenvalue weighted by Crippen LogP contribution is -2.12. The minimum Gasteiger partial charge on any atom is -0.493 e. The van der Waals surface area contributed by atoms with Crippen molar-refractivity contribution < 1.29 is 9.15 Å². The number of ether oxygens (including phenoxy) is 1. The van der Waals surface area contributed by atoms with Gasteiger partial charge in [-0.15, -0.1) is 0 Å². The second-order valence-electron chi connectivity index (χ2n) is 4.07. The first-order valence-corrected chi connectivity index (χ1v) is 6.29. The molecule has 2 N–H and O–H groups in total. The third kappa shape index (κ3) is 1.87. The van der Waals surface area contributed by atoms with Crippen molar-refractivity contribution in [1.82, 2.24) is 0 Å². The van der Waals surface area contributed by atoms with Crippen LogP contribution in [0.1, 0.15) is 22.9 Å². The van der Waals surface area contributed by atoms with Crippen LogP contribution in [0.15, 0.2) is 39.4 Å². The number of nitrogens with two attached hydrogens (primary N) is 1. The van der Waals surface area contributed by atoms with E-state index in [-0.39, 0.29) is 6.04 Å². The zero-order chi connectivity index (χ0) is 11.8. The van der Waals surface area contributed by atoms with Crippen molar-refractivity contribution in [3.8, 4) is 5.75 Å². The van der Waals surface area contributed by atoms with Gasteiger partial charge >= 0.3 is 0 Å². The summed E-state index contributed by atoms with van der Waals surface area (Å²) in [6.45, 7) is 0.726. The molecule has 88 valence electrons. The van der Waals surface area contributed by atoms with Gasteiger partial charge in [-0.3, -0.25) is 0 Å². The van der Waals surface area contributed by atoms with E-state index >= 15 is 0 Å². The Balaban J connectivity index is 2.09. The fraction of sp³-hybridized carbons (Fsp3) is 0.231. The number of rotatable bonds is 2. The van der Waals surface area contributed by atoms with E-state index in [2.05, 4.69) is 22.0 Å². The summed E-state index contributed by atoms with van der Waals surface area (Å²) in [6.07, 6.45) is 2.57. The predicted octanol–water partition coefficient (Wildman–Crippen LogP) is 3.03. The van der Waals surface area contributed by atoms with Gasteiger partial charge in [-0.25, -0.2) is 0 Å². The van der Waals surface area contributed by atoms with Crippen molar-refractivity contribution in [1.29, 1.82) is 0 Å². The van der Waals surface area contributed by atoms with Crippen molar-refractivity contribution >= 4 is 15.9 Å². The van der Waals surface area contributed by atoms with E-state index < -0.39 is 0 Å². The van der Waals surface area contributed by atoms with E-state index in [1.54, 1.807) is 6.26 Å². The van der Waals surface area contributed by atoms with Gasteiger partial charge in [0.2, 0.25) is 0 Å². The Bertz CT molecular complexity index is 537. The molecular formula is C13H12BrNO2. The lowest BCUT2D eigenvalue weighted by atomic mass is 10.0. The Kier molecular flexibility index (Phi) is 2.68. The number of benzene rings is 1. The second-order valence-corrected chi connectivity index (χ2v) is 4.99. The minimum absolute atomic E-state index is 0.283. The lowest BCUT2D eigenvalue weighted by Gasteiger charge is -2.14. The molecule has 4 heteroatoms. The van der Waals surface area contributed by atoms with Crippen molar-refractivity contribution in [3.05, 3.63) is 51.9 Å². The van der Waals surface area contributed by atoms with Crippen molar-refractivity contribution in [2.24, 2.45) is 5.73 Å².